The molecule has 5 aliphatic carbocycles. The number of hydrogen-bond acceptors (Lipinski definition) is 2. The van der Waals surface area contributed by atoms with E-state index in [1.165, 1.54) is 49.0 Å². The minimum atomic E-state index is -1.22. The highest BCUT2D eigenvalue weighted by molar-refractivity contribution is 6.31. The lowest BCUT2D eigenvalue weighted by molar-refractivity contribution is -0.148. The molecule has 0 atom stereocenters. The van der Waals surface area contributed by atoms with Crippen LogP contribution in [-0.4, -0.2) is 24.0 Å². The Balaban J connectivity index is 1.16. The van der Waals surface area contributed by atoms with Crippen molar-refractivity contribution in [3.05, 3.63) is 64.2 Å². The van der Waals surface area contributed by atoms with Crippen LogP contribution in [0.5, 0.6) is 0 Å². The predicted octanol–water partition coefficient (Wildman–Crippen LogP) is 6.23. The van der Waals surface area contributed by atoms with Crippen molar-refractivity contribution in [3.63, 3.8) is 0 Å². The highest BCUT2D eigenvalue weighted by Gasteiger charge is 2.58. The van der Waals surface area contributed by atoms with Crippen LogP contribution >= 0.6 is 11.6 Å². The SMILES string of the molecule is CN(C(=O)C1(C(=O)O)CC1)c1ccc(Cc2ccc(C34CC5CC(CC(C5)C3)C4)cc2Cl)cc1. The van der Waals surface area contributed by atoms with Crippen LogP contribution in [0.3, 0.4) is 0 Å². The van der Waals surface area contributed by atoms with E-state index in [1.54, 1.807) is 7.05 Å². The van der Waals surface area contributed by atoms with Crippen molar-refractivity contribution in [1.82, 2.24) is 0 Å². The summed E-state index contributed by atoms with van der Waals surface area (Å²) in [6.07, 6.45) is 9.92. The summed E-state index contributed by atoms with van der Waals surface area (Å²) in [6, 6.07) is 14.6. The zero-order chi connectivity index (χ0) is 23.7. The van der Waals surface area contributed by atoms with Gasteiger partial charge in [0.2, 0.25) is 5.91 Å². The van der Waals surface area contributed by atoms with Gasteiger partial charge in [-0.05, 0) is 116 Å². The van der Waals surface area contributed by atoms with Crippen LogP contribution in [0.4, 0.5) is 5.69 Å². The van der Waals surface area contributed by atoms with Crippen LogP contribution in [0.15, 0.2) is 42.5 Å². The third-order valence-electron chi connectivity index (χ3n) is 9.30. The first kappa shape index (κ1) is 22.2. The molecule has 34 heavy (non-hydrogen) atoms. The lowest BCUT2D eigenvalue weighted by Crippen LogP contribution is -2.48. The maximum Gasteiger partial charge on any atom is 0.319 e. The Kier molecular flexibility index (Phi) is 5.11. The third-order valence-corrected chi connectivity index (χ3v) is 9.65. The average molecular weight is 478 g/mol. The van der Waals surface area contributed by atoms with E-state index in [2.05, 4.69) is 18.2 Å². The standard InChI is InChI=1S/C29H32ClNO3/c1-31(26(32)29(8-9-29)27(33)34)24-6-2-18(3-7-24)13-22-4-5-23(14-25(22)30)28-15-19-10-20(16-28)12-21(11-19)17-28/h2-7,14,19-21H,8-13,15-17H2,1H3,(H,33,34). The molecule has 5 heteroatoms. The van der Waals surface area contributed by atoms with Gasteiger partial charge in [0.15, 0.2) is 0 Å². The van der Waals surface area contributed by atoms with Gasteiger partial charge in [0.1, 0.15) is 5.41 Å². The monoisotopic (exact) mass is 477 g/mol. The minimum Gasteiger partial charge on any atom is -0.480 e. The van der Waals surface area contributed by atoms with E-state index in [4.69, 9.17) is 11.6 Å². The number of aliphatic carboxylic acids is 1. The number of hydrogen-bond donors (Lipinski definition) is 1. The van der Waals surface area contributed by atoms with Gasteiger partial charge < -0.3 is 10.0 Å². The zero-order valence-corrected chi connectivity index (χ0v) is 20.5. The Morgan fingerprint density at radius 1 is 0.971 bits per heavy atom. The Hall–Kier alpha value is -2.33. The third kappa shape index (κ3) is 3.57. The zero-order valence-electron chi connectivity index (χ0n) is 19.7. The summed E-state index contributed by atoms with van der Waals surface area (Å²) in [5, 5.41) is 10.3. The van der Waals surface area contributed by atoms with Crippen LogP contribution in [-0.2, 0) is 21.4 Å². The number of halogens is 1. The van der Waals surface area contributed by atoms with E-state index < -0.39 is 11.4 Å². The normalized spacial score (nSPS) is 30.2. The Labute approximate surface area is 206 Å². The first-order valence-corrected chi connectivity index (χ1v) is 13.1. The van der Waals surface area contributed by atoms with Gasteiger partial charge in [-0.3, -0.25) is 9.59 Å². The molecule has 2 aromatic carbocycles. The molecule has 5 aliphatic rings. The molecule has 0 spiro atoms. The number of carbonyl (C=O) groups excluding carboxylic acids is 1. The molecule has 0 aliphatic heterocycles. The molecule has 7 rings (SSSR count). The minimum absolute atomic E-state index is 0.337. The Bertz CT molecular complexity index is 1120. The van der Waals surface area contributed by atoms with E-state index in [0.717, 1.165) is 40.3 Å². The van der Waals surface area contributed by atoms with Crippen molar-refractivity contribution < 1.29 is 14.7 Å². The molecular formula is C29H32ClNO3. The number of amides is 1. The maximum absolute atomic E-state index is 12.7. The molecule has 0 aromatic heterocycles. The molecule has 0 radical (unpaired) electrons. The van der Waals surface area contributed by atoms with E-state index in [0.29, 0.717) is 23.9 Å². The van der Waals surface area contributed by atoms with Crippen molar-refractivity contribution in [3.8, 4) is 0 Å². The molecule has 5 saturated carbocycles. The molecule has 178 valence electrons. The van der Waals surface area contributed by atoms with Crippen molar-refractivity contribution in [1.29, 1.82) is 0 Å². The van der Waals surface area contributed by atoms with Gasteiger partial charge in [-0.2, -0.15) is 0 Å². The van der Waals surface area contributed by atoms with Gasteiger partial charge >= 0.3 is 5.97 Å². The van der Waals surface area contributed by atoms with E-state index in [-0.39, 0.29) is 5.91 Å². The van der Waals surface area contributed by atoms with Crippen LogP contribution in [0.25, 0.3) is 0 Å². The van der Waals surface area contributed by atoms with Crippen LogP contribution in [0.1, 0.15) is 68.1 Å². The first-order chi connectivity index (χ1) is 16.3. The van der Waals surface area contributed by atoms with Crippen molar-refractivity contribution in [2.24, 2.45) is 23.2 Å². The van der Waals surface area contributed by atoms with E-state index >= 15 is 0 Å². The summed E-state index contributed by atoms with van der Waals surface area (Å²) in [5.74, 6) is 1.39. The fourth-order valence-corrected chi connectivity index (χ4v) is 7.87. The lowest BCUT2D eigenvalue weighted by atomic mass is 9.48. The number of anilines is 1. The number of nitrogens with zero attached hydrogens (tertiary/aromatic N) is 1. The molecule has 1 amide bonds. The van der Waals surface area contributed by atoms with Crippen LogP contribution in [0, 0.1) is 23.2 Å². The smallest absolute Gasteiger partial charge is 0.319 e. The quantitative estimate of drug-likeness (QED) is 0.502. The summed E-state index contributed by atoms with van der Waals surface area (Å²) in [6.45, 7) is 0. The number of carboxylic acids is 1. The molecule has 4 bridgehead atoms. The van der Waals surface area contributed by atoms with Crippen molar-refractivity contribution in [2.45, 2.75) is 63.2 Å². The lowest BCUT2D eigenvalue weighted by Gasteiger charge is -2.57. The second kappa shape index (κ2) is 7.84. The highest BCUT2D eigenvalue weighted by Crippen LogP contribution is 2.61. The molecule has 5 fully saturated rings. The Morgan fingerprint density at radius 3 is 2.06 bits per heavy atom. The summed E-state index contributed by atoms with van der Waals surface area (Å²) < 4.78 is 0. The fourth-order valence-electron chi connectivity index (χ4n) is 7.62. The van der Waals surface area contributed by atoms with Crippen LogP contribution in [0.2, 0.25) is 5.02 Å². The Morgan fingerprint density at radius 2 is 1.56 bits per heavy atom. The fraction of sp³-hybridized carbons (Fsp3) is 0.517. The molecule has 0 heterocycles. The number of rotatable bonds is 6. The molecule has 1 N–H and O–H groups in total. The van der Waals surface area contributed by atoms with Crippen molar-refractivity contribution >= 4 is 29.2 Å². The average Bonchev–Trinajstić information content (AvgIpc) is 3.61. The van der Waals surface area contributed by atoms with Gasteiger partial charge in [-0.15, -0.1) is 0 Å². The molecular weight excluding hydrogens is 446 g/mol. The molecule has 2 aromatic rings. The summed E-state index contributed by atoms with van der Waals surface area (Å²) in [7, 11) is 1.65. The van der Waals surface area contributed by atoms with Gasteiger partial charge in [-0.1, -0.05) is 35.9 Å². The van der Waals surface area contributed by atoms with Gasteiger partial charge in [0.25, 0.3) is 0 Å². The van der Waals surface area contributed by atoms with Crippen molar-refractivity contribution in [2.75, 3.05) is 11.9 Å². The number of benzene rings is 2. The largest absolute Gasteiger partial charge is 0.480 e. The van der Waals surface area contributed by atoms with E-state index in [1.807, 2.05) is 24.3 Å². The van der Waals surface area contributed by atoms with Gasteiger partial charge in [0.05, 0.1) is 0 Å². The van der Waals surface area contributed by atoms with Gasteiger partial charge in [-0.25, -0.2) is 0 Å². The first-order valence-electron chi connectivity index (χ1n) is 12.7. The summed E-state index contributed by atoms with van der Waals surface area (Å²) in [5.41, 5.74) is 3.53. The predicted molar refractivity (Wildman–Crippen MR) is 133 cm³/mol. The summed E-state index contributed by atoms with van der Waals surface area (Å²) in [4.78, 5) is 25.6. The summed E-state index contributed by atoms with van der Waals surface area (Å²) >= 11 is 6.82. The molecule has 4 nitrogen and oxygen atoms in total. The maximum atomic E-state index is 12.7. The van der Waals surface area contributed by atoms with Gasteiger partial charge in [0, 0.05) is 17.8 Å². The topological polar surface area (TPSA) is 57.6 Å². The second-order valence-electron chi connectivity index (χ2n) is 11.6. The highest BCUT2D eigenvalue weighted by atomic mass is 35.5. The number of carbonyl (C=O) groups is 2. The van der Waals surface area contributed by atoms with Crippen LogP contribution < -0.4 is 4.90 Å². The second-order valence-corrected chi connectivity index (χ2v) is 12.0. The molecule has 0 unspecified atom stereocenters. The number of carboxylic acid groups (broad SMARTS) is 1. The molecule has 0 saturated heterocycles. The van der Waals surface area contributed by atoms with E-state index in [9.17, 15) is 14.7 Å².